The molecule has 146 valence electrons. The summed E-state index contributed by atoms with van der Waals surface area (Å²) in [5.41, 5.74) is 7.59. The lowest BCUT2D eigenvalue weighted by Gasteiger charge is -2.45. The van der Waals surface area contributed by atoms with Gasteiger partial charge in [-0.1, -0.05) is 86.7 Å². The lowest BCUT2D eigenvalue weighted by molar-refractivity contribution is 0.425. The smallest absolute Gasteiger partial charge is 0.0682 e. The van der Waals surface area contributed by atoms with Crippen molar-refractivity contribution in [2.75, 3.05) is 4.90 Å². The van der Waals surface area contributed by atoms with Gasteiger partial charge in [0, 0.05) is 16.8 Å². The number of anilines is 2. The van der Waals surface area contributed by atoms with Crippen molar-refractivity contribution >= 4 is 16.9 Å². The predicted molar refractivity (Wildman–Crippen MR) is 126 cm³/mol. The number of hydrogen-bond acceptors (Lipinski definition) is 1. The first-order valence-electron chi connectivity index (χ1n) is 10.3. The Bertz CT molecular complexity index is 1010. The largest absolute Gasteiger partial charge is 0.333 e. The van der Waals surface area contributed by atoms with Crippen LogP contribution in [0.2, 0.25) is 0 Å². The Kier molecular flexibility index (Phi) is 5.15. The van der Waals surface area contributed by atoms with E-state index in [0.29, 0.717) is 0 Å². The standard InChI is InChI=1S/C28H29N/c1-21-11-8-15-24(19-21)29(25-16-9-12-22(2)20-25)27-26(17-10-18-28(27,3)4)23-13-6-5-7-14-23/h5-20,27H,1-4H3. The van der Waals surface area contributed by atoms with Crippen molar-refractivity contribution in [2.24, 2.45) is 5.41 Å². The molecule has 1 aliphatic carbocycles. The molecule has 0 bridgehead atoms. The minimum Gasteiger partial charge on any atom is -0.333 e. The number of rotatable bonds is 4. The Morgan fingerprint density at radius 1 is 0.724 bits per heavy atom. The van der Waals surface area contributed by atoms with Gasteiger partial charge in [0.15, 0.2) is 0 Å². The summed E-state index contributed by atoms with van der Waals surface area (Å²) >= 11 is 0. The molecule has 0 N–H and O–H groups in total. The fraction of sp³-hybridized carbons (Fsp3) is 0.214. The van der Waals surface area contributed by atoms with E-state index in [2.05, 4.69) is 130 Å². The third-order valence-electron chi connectivity index (χ3n) is 5.73. The van der Waals surface area contributed by atoms with Crippen LogP contribution in [0.3, 0.4) is 0 Å². The first-order chi connectivity index (χ1) is 14.0. The Labute approximate surface area is 175 Å². The zero-order valence-electron chi connectivity index (χ0n) is 17.8. The highest BCUT2D eigenvalue weighted by atomic mass is 15.2. The Balaban J connectivity index is 1.94. The van der Waals surface area contributed by atoms with E-state index in [9.17, 15) is 0 Å². The summed E-state index contributed by atoms with van der Waals surface area (Å²) in [4.78, 5) is 2.52. The zero-order valence-corrected chi connectivity index (χ0v) is 17.8. The third-order valence-corrected chi connectivity index (χ3v) is 5.73. The van der Waals surface area contributed by atoms with Crippen molar-refractivity contribution < 1.29 is 0 Å². The molecule has 0 fully saturated rings. The molecular weight excluding hydrogens is 350 g/mol. The van der Waals surface area contributed by atoms with Crippen LogP contribution in [0.15, 0.2) is 97.1 Å². The first kappa shape index (κ1) is 19.3. The van der Waals surface area contributed by atoms with Gasteiger partial charge in [0.05, 0.1) is 6.04 Å². The molecule has 1 unspecified atom stereocenters. The van der Waals surface area contributed by atoms with Crippen LogP contribution in [0.5, 0.6) is 0 Å². The zero-order chi connectivity index (χ0) is 20.4. The minimum absolute atomic E-state index is 0.0343. The topological polar surface area (TPSA) is 3.24 Å². The summed E-state index contributed by atoms with van der Waals surface area (Å²) in [6.45, 7) is 9.00. The van der Waals surface area contributed by atoms with E-state index in [4.69, 9.17) is 0 Å². The van der Waals surface area contributed by atoms with Crippen molar-refractivity contribution in [1.82, 2.24) is 0 Å². The summed E-state index contributed by atoms with van der Waals surface area (Å²) < 4.78 is 0. The summed E-state index contributed by atoms with van der Waals surface area (Å²) in [5.74, 6) is 0. The van der Waals surface area contributed by atoms with E-state index in [1.807, 2.05) is 0 Å². The normalized spacial score (nSPS) is 17.7. The average Bonchev–Trinajstić information content (AvgIpc) is 2.70. The molecule has 0 saturated heterocycles. The van der Waals surface area contributed by atoms with Crippen molar-refractivity contribution in [3.8, 4) is 0 Å². The van der Waals surface area contributed by atoms with Crippen LogP contribution in [0.25, 0.3) is 5.57 Å². The Hall–Kier alpha value is -3.06. The van der Waals surface area contributed by atoms with Gasteiger partial charge in [-0.25, -0.2) is 0 Å². The molecule has 3 aromatic rings. The molecule has 0 amide bonds. The summed E-state index contributed by atoms with van der Waals surface area (Å²) in [5, 5.41) is 0. The molecule has 1 atom stereocenters. The van der Waals surface area contributed by atoms with E-state index >= 15 is 0 Å². The fourth-order valence-electron chi connectivity index (χ4n) is 4.34. The monoisotopic (exact) mass is 379 g/mol. The van der Waals surface area contributed by atoms with Crippen LogP contribution >= 0.6 is 0 Å². The van der Waals surface area contributed by atoms with Gasteiger partial charge in [-0.2, -0.15) is 0 Å². The molecule has 0 spiro atoms. The highest BCUT2D eigenvalue weighted by Crippen LogP contribution is 2.45. The maximum Gasteiger partial charge on any atom is 0.0682 e. The summed E-state index contributed by atoms with van der Waals surface area (Å²) in [6, 6.07) is 28.6. The Morgan fingerprint density at radius 3 is 1.86 bits per heavy atom. The molecule has 29 heavy (non-hydrogen) atoms. The summed E-state index contributed by atoms with van der Waals surface area (Å²) in [6.07, 6.45) is 6.83. The van der Waals surface area contributed by atoms with Crippen LogP contribution in [0.1, 0.15) is 30.5 Å². The highest BCUT2D eigenvalue weighted by molar-refractivity contribution is 5.81. The summed E-state index contributed by atoms with van der Waals surface area (Å²) in [7, 11) is 0. The van der Waals surface area contributed by atoms with E-state index < -0.39 is 0 Å². The molecule has 0 aromatic heterocycles. The van der Waals surface area contributed by atoms with Gasteiger partial charge in [0.2, 0.25) is 0 Å². The van der Waals surface area contributed by atoms with Gasteiger partial charge in [-0.05, 0) is 60.4 Å². The number of nitrogens with zero attached hydrogens (tertiary/aromatic N) is 1. The van der Waals surface area contributed by atoms with Gasteiger partial charge < -0.3 is 4.90 Å². The number of allylic oxidation sites excluding steroid dienone is 2. The van der Waals surface area contributed by atoms with Crippen molar-refractivity contribution in [3.05, 3.63) is 114 Å². The van der Waals surface area contributed by atoms with Crippen LogP contribution in [-0.4, -0.2) is 6.04 Å². The number of hydrogen-bond donors (Lipinski definition) is 0. The second-order valence-corrected chi connectivity index (χ2v) is 8.62. The number of benzene rings is 3. The highest BCUT2D eigenvalue weighted by Gasteiger charge is 2.38. The lowest BCUT2D eigenvalue weighted by Crippen LogP contribution is -2.44. The fourth-order valence-corrected chi connectivity index (χ4v) is 4.34. The van der Waals surface area contributed by atoms with E-state index in [1.165, 1.54) is 33.6 Å². The molecule has 0 aliphatic heterocycles. The molecule has 0 radical (unpaired) electrons. The first-order valence-corrected chi connectivity index (χ1v) is 10.3. The quantitative estimate of drug-likeness (QED) is 0.454. The molecule has 1 aliphatic rings. The van der Waals surface area contributed by atoms with Crippen molar-refractivity contribution in [3.63, 3.8) is 0 Å². The second kappa shape index (κ2) is 7.75. The van der Waals surface area contributed by atoms with Crippen LogP contribution in [0.4, 0.5) is 11.4 Å². The molecule has 0 heterocycles. The molecular formula is C28H29N. The predicted octanol–water partition coefficient (Wildman–Crippen LogP) is 7.49. The Morgan fingerprint density at radius 2 is 1.31 bits per heavy atom. The van der Waals surface area contributed by atoms with Gasteiger partial charge in [0.1, 0.15) is 0 Å². The molecule has 3 aromatic carbocycles. The SMILES string of the molecule is Cc1cccc(N(c2cccc(C)c2)C2C(c3ccccc3)=CC=CC2(C)C)c1. The van der Waals surface area contributed by atoms with Crippen LogP contribution < -0.4 is 4.90 Å². The van der Waals surface area contributed by atoms with E-state index in [-0.39, 0.29) is 11.5 Å². The average molecular weight is 380 g/mol. The lowest BCUT2D eigenvalue weighted by atomic mass is 9.73. The van der Waals surface area contributed by atoms with Crippen molar-refractivity contribution in [1.29, 1.82) is 0 Å². The van der Waals surface area contributed by atoms with E-state index in [0.717, 1.165) is 0 Å². The van der Waals surface area contributed by atoms with Crippen LogP contribution in [0, 0.1) is 19.3 Å². The van der Waals surface area contributed by atoms with Gasteiger partial charge >= 0.3 is 0 Å². The van der Waals surface area contributed by atoms with Gasteiger partial charge in [-0.15, -0.1) is 0 Å². The van der Waals surface area contributed by atoms with Gasteiger partial charge in [0.25, 0.3) is 0 Å². The van der Waals surface area contributed by atoms with E-state index in [1.54, 1.807) is 0 Å². The maximum atomic E-state index is 2.52. The third kappa shape index (κ3) is 3.91. The van der Waals surface area contributed by atoms with Crippen molar-refractivity contribution in [2.45, 2.75) is 33.7 Å². The molecule has 1 nitrogen and oxygen atoms in total. The number of aryl methyl sites for hydroxylation is 2. The molecule has 4 rings (SSSR count). The minimum atomic E-state index is -0.0343. The maximum absolute atomic E-state index is 2.52. The molecule has 1 heteroatoms. The van der Waals surface area contributed by atoms with Gasteiger partial charge in [-0.3, -0.25) is 0 Å². The van der Waals surface area contributed by atoms with Crippen LogP contribution in [-0.2, 0) is 0 Å². The second-order valence-electron chi connectivity index (χ2n) is 8.62. The molecule has 0 saturated carbocycles.